The van der Waals surface area contributed by atoms with Crippen molar-refractivity contribution >= 4 is 29.2 Å². The van der Waals surface area contributed by atoms with Crippen LogP contribution in [0.3, 0.4) is 0 Å². The topological polar surface area (TPSA) is 55.4 Å². The molecule has 22 heavy (non-hydrogen) atoms. The highest BCUT2D eigenvalue weighted by atomic mass is 35.5. The first-order valence-electron chi connectivity index (χ1n) is 6.37. The zero-order valence-electron chi connectivity index (χ0n) is 11.9. The Morgan fingerprint density at radius 1 is 1.18 bits per heavy atom. The number of rotatable bonds is 3. The van der Waals surface area contributed by atoms with E-state index >= 15 is 0 Å². The molecule has 0 heterocycles. The first kappa shape index (κ1) is 16.0. The SMILES string of the molecule is COC(=O)c1ccc(C)c(NC(=O)c2cc(Cl)ccc2F)c1. The van der Waals surface area contributed by atoms with Crippen molar-refractivity contribution in [2.75, 3.05) is 12.4 Å². The van der Waals surface area contributed by atoms with E-state index in [9.17, 15) is 14.0 Å². The van der Waals surface area contributed by atoms with Crippen molar-refractivity contribution in [3.05, 3.63) is 63.9 Å². The van der Waals surface area contributed by atoms with Crippen LogP contribution in [-0.2, 0) is 4.74 Å². The van der Waals surface area contributed by atoms with E-state index in [-0.39, 0.29) is 16.1 Å². The van der Waals surface area contributed by atoms with Crippen molar-refractivity contribution in [1.29, 1.82) is 0 Å². The quantitative estimate of drug-likeness (QED) is 0.874. The molecule has 0 saturated heterocycles. The summed E-state index contributed by atoms with van der Waals surface area (Å²) < 4.78 is 18.3. The molecule has 0 unspecified atom stereocenters. The Balaban J connectivity index is 2.32. The van der Waals surface area contributed by atoms with E-state index in [0.29, 0.717) is 5.69 Å². The van der Waals surface area contributed by atoms with E-state index in [1.807, 2.05) is 0 Å². The van der Waals surface area contributed by atoms with Gasteiger partial charge in [-0.25, -0.2) is 9.18 Å². The summed E-state index contributed by atoms with van der Waals surface area (Å²) in [5.74, 6) is -1.85. The van der Waals surface area contributed by atoms with Gasteiger partial charge in [-0.15, -0.1) is 0 Å². The van der Waals surface area contributed by atoms with Crippen LogP contribution in [-0.4, -0.2) is 19.0 Å². The Hall–Kier alpha value is -2.40. The molecule has 6 heteroatoms. The van der Waals surface area contributed by atoms with Crippen LogP contribution in [0.1, 0.15) is 26.3 Å². The van der Waals surface area contributed by atoms with Gasteiger partial charge in [0.05, 0.1) is 18.2 Å². The lowest BCUT2D eigenvalue weighted by atomic mass is 10.1. The number of aryl methyl sites for hydroxylation is 1. The molecule has 0 aromatic heterocycles. The number of methoxy groups -OCH3 is 1. The van der Waals surface area contributed by atoms with Crippen LogP contribution in [0.15, 0.2) is 36.4 Å². The number of carbonyl (C=O) groups excluding carboxylic acids is 2. The number of nitrogens with one attached hydrogen (secondary N) is 1. The minimum atomic E-state index is -0.677. The van der Waals surface area contributed by atoms with E-state index in [0.717, 1.165) is 11.6 Å². The van der Waals surface area contributed by atoms with E-state index in [4.69, 9.17) is 11.6 Å². The third kappa shape index (κ3) is 3.43. The molecule has 2 aromatic rings. The Kier molecular flexibility index (Phi) is 4.78. The van der Waals surface area contributed by atoms with Crippen LogP contribution < -0.4 is 5.32 Å². The number of anilines is 1. The molecule has 2 aromatic carbocycles. The molecule has 0 bridgehead atoms. The summed E-state index contributed by atoms with van der Waals surface area (Å²) in [6.45, 7) is 1.75. The average molecular weight is 322 g/mol. The number of esters is 1. The monoisotopic (exact) mass is 321 g/mol. The number of amides is 1. The molecule has 0 aliphatic rings. The molecule has 0 aliphatic carbocycles. The molecular weight excluding hydrogens is 309 g/mol. The van der Waals surface area contributed by atoms with Crippen molar-refractivity contribution < 1.29 is 18.7 Å². The third-order valence-corrected chi connectivity index (χ3v) is 3.31. The van der Waals surface area contributed by atoms with Crippen LogP contribution in [0.4, 0.5) is 10.1 Å². The average Bonchev–Trinajstić information content (AvgIpc) is 2.50. The number of hydrogen-bond donors (Lipinski definition) is 1. The summed E-state index contributed by atoms with van der Waals surface area (Å²) in [4.78, 5) is 23.7. The van der Waals surface area contributed by atoms with E-state index in [1.165, 1.54) is 25.3 Å². The molecule has 4 nitrogen and oxygen atoms in total. The van der Waals surface area contributed by atoms with Gasteiger partial charge in [0.15, 0.2) is 0 Å². The van der Waals surface area contributed by atoms with Crippen molar-refractivity contribution in [3.8, 4) is 0 Å². The summed E-state index contributed by atoms with van der Waals surface area (Å²) in [5, 5.41) is 2.82. The summed E-state index contributed by atoms with van der Waals surface area (Å²) in [5.41, 5.74) is 1.24. The van der Waals surface area contributed by atoms with Gasteiger partial charge in [0.25, 0.3) is 5.91 Å². The minimum absolute atomic E-state index is 0.171. The second-order valence-corrected chi connectivity index (χ2v) is 5.04. The maximum atomic E-state index is 13.7. The third-order valence-electron chi connectivity index (χ3n) is 3.08. The second-order valence-electron chi connectivity index (χ2n) is 4.60. The minimum Gasteiger partial charge on any atom is -0.465 e. The number of halogens is 2. The van der Waals surface area contributed by atoms with Gasteiger partial charge in [-0.1, -0.05) is 17.7 Å². The molecule has 0 radical (unpaired) electrons. The Morgan fingerprint density at radius 2 is 1.91 bits per heavy atom. The summed E-state index contributed by atoms with van der Waals surface area (Å²) in [7, 11) is 1.27. The standard InChI is InChI=1S/C16H13ClFNO3/c1-9-3-4-10(16(21)22-2)7-14(9)19-15(20)12-8-11(17)5-6-13(12)18/h3-8H,1-2H3,(H,19,20). The maximum absolute atomic E-state index is 13.7. The predicted molar refractivity (Wildman–Crippen MR) is 81.9 cm³/mol. The lowest BCUT2D eigenvalue weighted by molar-refractivity contribution is 0.0600. The molecule has 2 rings (SSSR count). The lowest BCUT2D eigenvalue weighted by Gasteiger charge is -2.10. The second kappa shape index (κ2) is 6.58. The molecular formula is C16H13ClFNO3. The van der Waals surface area contributed by atoms with Gasteiger partial charge >= 0.3 is 5.97 Å². The summed E-state index contributed by atoms with van der Waals surface area (Å²) in [6, 6.07) is 8.44. The fraction of sp³-hybridized carbons (Fsp3) is 0.125. The number of carbonyl (C=O) groups is 2. The Morgan fingerprint density at radius 3 is 2.59 bits per heavy atom. The van der Waals surface area contributed by atoms with Gasteiger partial charge in [-0.2, -0.15) is 0 Å². The van der Waals surface area contributed by atoms with Crippen molar-refractivity contribution in [1.82, 2.24) is 0 Å². The van der Waals surface area contributed by atoms with E-state index < -0.39 is 17.7 Å². The molecule has 0 atom stereocenters. The van der Waals surface area contributed by atoms with Crippen LogP contribution in [0.5, 0.6) is 0 Å². The summed E-state index contributed by atoms with van der Waals surface area (Å²) >= 11 is 5.77. The van der Waals surface area contributed by atoms with Gasteiger partial charge in [0.2, 0.25) is 0 Å². The van der Waals surface area contributed by atoms with E-state index in [1.54, 1.807) is 19.1 Å². The van der Waals surface area contributed by atoms with Crippen molar-refractivity contribution in [2.45, 2.75) is 6.92 Å². The van der Waals surface area contributed by atoms with E-state index in [2.05, 4.69) is 10.1 Å². The normalized spacial score (nSPS) is 10.2. The highest BCUT2D eigenvalue weighted by Gasteiger charge is 2.15. The number of ether oxygens (including phenoxy) is 1. The first-order valence-corrected chi connectivity index (χ1v) is 6.75. The fourth-order valence-corrected chi connectivity index (χ4v) is 2.03. The highest BCUT2D eigenvalue weighted by Crippen LogP contribution is 2.20. The number of benzene rings is 2. The first-order chi connectivity index (χ1) is 10.4. The van der Waals surface area contributed by atoms with Crippen molar-refractivity contribution in [3.63, 3.8) is 0 Å². The Bertz CT molecular complexity index is 746. The van der Waals surface area contributed by atoms with Gasteiger partial charge in [0, 0.05) is 10.7 Å². The number of hydrogen-bond acceptors (Lipinski definition) is 3. The van der Waals surface area contributed by atoms with Crippen LogP contribution in [0.25, 0.3) is 0 Å². The molecule has 0 saturated carbocycles. The molecule has 114 valence electrons. The van der Waals surface area contributed by atoms with Crippen LogP contribution in [0, 0.1) is 12.7 Å². The maximum Gasteiger partial charge on any atom is 0.337 e. The van der Waals surface area contributed by atoms with Gasteiger partial charge in [-0.3, -0.25) is 4.79 Å². The smallest absolute Gasteiger partial charge is 0.337 e. The zero-order chi connectivity index (χ0) is 16.3. The highest BCUT2D eigenvalue weighted by molar-refractivity contribution is 6.31. The summed E-state index contributed by atoms with van der Waals surface area (Å²) in [6.07, 6.45) is 0. The lowest BCUT2D eigenvalue weighted by Crippen LogP contribution is -2.15. The van der Waals surface area contributed by atoms with Crippen LogP contribution >= 0.6 is 11.6 Å². The van der Waals surface area contributed by atoms with Gasteiger partial charge < -0.3 is 10.1 Å². The molecule has 0 fully saturated rings. The molecule has 0 spiro atoms. The van der Waals surface area contributed by atoms with Crippen LogP contribution in [0.2, 0.25) is 5.02 Å². The van der Waals surface area contributed by atoms with Gasteiger partial charge in [0.1, 0.15) is 5.82 Å². The largest absolute Gasteiger partial charge is 0.465 e. The Labute approximate surface area is 131 Å². The fourth-order valence-electron chi connectivity index (χ4n) is 1.86. The van der Waals surface area contributed by atoms with Gasteiger partial charge in [-0.05, 0) is 42.8 Å². The predicted octanol–water partition coefficient (Wildman–Crippen LogP) is 3.83. The zero-order valence-corrected chi connectivity index (χ0v) is 12.7. The molecule has 1 N–H and O–H groups in total. The molecule has 1 amide bonds. The molecule has 0 aliphatic heterocycles. The van der Waals surface area contributed by atoms with Crippen molar-refractivity contribution in [2.24, 2.45) is 0 Å².